The molecule has 0 bridgehead atoms. The first-order valence-electron chi connectivity index (χ1n) is 8.35. The maximum Gasteiger partial charge on any atom is 0.315 e. The highest BCUT2D eigenvalue weighted by Crippen LogP contribution is 2.30. The van der Waals surface area contributed by atoms with Crippen LogP contribution < -0.4 is 10.6 Å². The molecule has 0 aromatic carbocycles. The summed E-state index contributed by atoms with van der Waals surface area (Å²) >= 11 is 0. The number of piperidine rings is 1. The van der Waals surface area contributed by atoms with E-state index in [1.54, 1.807) is 0 Å². The molecular weight excluding hydrogens is 266 g/mol. The molecule has 0 spiro atoms. The molecule has 0 aromatic heterocycles. The number of aliphatic hydroxyl groups is 1. The van der Waals surface area contributed by atoms with Gasteiger partial charge >= 0.3 is 6.03 Å². The molecule has 21 heavy (non-hydrogen) atoms. The van der Waals surface area contributed by atoms with Gasteiger partial charge in [-0.25, -0.2) is 4.79 Å². The second kappa shape index (κ2) is 6.97. The predicted octanol–water partition coefficient (Wildman–Crippen LogP) is 1.57. The number of nitrogens with one attached hydrogen (secondary N) is 2. The summed E-state index contributed by atoms with van der Waals surface area (Å²) in [7, 11) is 0. The normalized spacial score (nSPS) is 30.3. The van der Waals surface area contributed by atoms with Gasteiger partial charge in [-0.1, -0.05) is 13.8 Å². The van der Waals surface area contributed by atoms with E-state index in [4.69, 9.17) is 0 Å². The van der Waals surface area contributed by atoms with Crippen LogP contribution >= 0.6 is 0 Å². The molecule has 5 heteroatoms. The summed E-state index contributed by atoms with van der Waals surface area (Å²) in [6.07, 6.45) is 3.96. The van der Waals surface area contributed by atoms with E-state index in [1.807, 2.05) is 6.92 Å². The molecule has 3 atom stereocenters. The fourth-order valence-electron chi connectivity index (χ4n) is 3.66. The van der Waals surface area contributed by atoms with Crippen molar-refractivity contribution in [2.75, 3.05) is 26.2 Å². The van der Waals surface area contributed by atoms with Crippen LogP contribution in [-0.4, -0.2) is 53.9 Å². The molecule has 1 aliphatic carbocycles. The van der Waals surface area contributed by atoms with Gasteiger partial charge in [-0.05, 0) is 44.4 Å². The van der Waals surface area contributed by atoms with Gasteiger partial charge in [0.1, 0.15) is 0 Å². The van der Waals surface area contributed by atoms with Gasteiger partial charge in [-0.2, -0.15) is 0 Å². The van der Waals surface area contributed by atoms with E-state index in [2.05, 4.69) is 29.4 Å². The Hall–Kier alpha value is -0.810. The molecule has 1 aliphatic heterocycles. The van der Waals surface area contributed by atoms with E-state index in [1.165, 1.54) is 6.42 Å². The van der Waals surface area contributed by atoms with Crippen LogP contribution in [0.5, 0.6) is 0 Å². The van der Waals surface area contributed by atoms with Crippen LogP contribution in [0.25, 0.3) is 0 Å². The van der Waals surface area contributed by atoms with Crippen molar-refractivity contribution in [3.05, 3.63) is 0 Å². The third-order valence-electron chi connectivity index (χ3n) is 4.72. The summed E-state index contributed by atoms with van der Waals surface area (Å²) in [4.78, 5) is 14.3. The van der Waals surface area contributed by atoms with Gasteiger partial charge in [0.25, 0.3) is 0 Å². The molecule has 5 nitrogen and oxygen atoms in total. The van der Waals surface area contributed by atoms with Crippen molar-refractivity contribution in [3.8, 4) is 0 Å². The van der Waals surface area contributed by atoms with Gasteiger partial charge in [0.05, 0.1) is 5.60 Å². The summed E-state index contributed by atoms with van der Waals surface area (Å²) in [6.45, 7) is 10.1. The molecule has 0 aromatic rings. The Morgan fingerprint density at radius 3 is 2.48 bits per heavy atom. The maximum atomic E-state index is 11.9. The lowest BCUT2D eigenvalue weighted by Crippen LogP contribution is -2.53. The average molecular weight is 297 g/mol. The Kier molecular flexibility index (Phi) is 5.49. The van der Waals surface area contributed by atoms with E-state index in [-0.39, 0.29) is 12.1 Å². The minimum atomic E-state index is -0.654. The van der Waals surface area contributed by atoms with Gasteiger partial charge in [-0.3, -0.25) is 0 Å². The van der Waals surface area contributed by atoms with Crippen LogP contribution in [0.15, 0.2) is 0 Å². The Labute approximate surface area is 128 Å². The number of carbonyl (C=O) groups excluding carboxylic acids is 1. The Balaban J connectivity index is 1.66. The Morgan fingerprint density at radius 2 is 1.95 bits per heavy atom. The molecule has 1 saturated carbocycles. The minimum Gasteiger partial charge on any atom is -0.388 e. The molecule has 2 amide bonds. The zero-order valence-corrected chi connectivity index (χ0v) is 13.7. The Bertz CT molecular complexity index is 347. The summed E-state index contributed by atoms with van der Waals surface area (Å²) in [5.74, 6) is 1.48. The van der Waals surface area contributed by atoms with Crippen molar-refractivity contribution in [1.29, 1.82) is 0 Å². The summed E-state index contributed by atoms with van der Waals surface area (Å²) in [5, 5.41) is 15.7. The monoisotopic (exact) mass is 297 g/mol. The number of amides is 2. The van der Waals surface area contributed by atoms with Gasteiger partial charge in [0, 0.05) is 32.2 Å². The first kappa shape index (κ1) is 16.6. The van der Waals surface area contributed by atoms with Crippen LogP contribution in [-0.2, 0) is 0 Å². The fourth-order valence-corrected chi connectivity index (χ4v) is 3.66. The van der Waals surface area contributed by atoms with Crippen LogP contribution in [0.1, 0.15) is 46.5 Å². The van der Waals surface area contributed by atoms with Crippen molar-refractivity contribution in [2.24, 2.45) is 11.8 Å². The van der Waals surface area contributed by atoms with Crippen molar-refractivity contribution < 1.29 is 9.90 Å². The van der Waals surface area contributed by atoms with Crippen molar-refractivity contribution in [3.63, 3.8) is 0 Å². The lowest BCUT2D eigenvalue weighted by atomic mass is 9.80. The van der Waals surface area contributed by atoms with E-state index in [0.29, 0.717) is 6.54 Å². The molecule has 3 unspecified atom stereocenters. The number of likely N-dealkylation sites (tertiary alicyclic amines) is 1. The number of urea groups is 1. The molecule has 122 valence electrons. The van der Waals surface area contributed by atoms with Crippen LogP contribution in [0.3, 0.4) is 0 Å². The molecule has 2 fully saturated rings. The highest BCUT2D eigenvalue weighted by molar-refractivity contribution is 5.74. The highest BCUT2D eigenvalue weighted by Gasteiger charge is 2.34. The van der Waals surface area contributed by atoms with Crippen LogP contribution in [0, 0.1) is 11.8 Å². The molecular formula is C16H31N3O2. The summed E-state index contributed by atoms with van der Waals surface area (Å²) < 4.78 is 0. The highest BCUT2D eigenvalue weighted by atomic mass is 16.3. The van der Waals surface area contributed by atoms with E-state index < -0.39 is 5.60 Å². The summed E-state index contributed by atoms with van der Waals surface area (Å²) in [6, 6.07) is -0.0422. The van der Waals surface area contributed by atoms with Gasteiger partial charge in [0.15, 0.2) is 0 Å². The first-order chi connectivity index (χ1) is 9.86. The predicted molar refractivity (Wildman–Crippen MR) is 84.2 cm³/mol. The van der Waals surface area contributed by atoms with Crippen molar-refractivity contribution >= 4 is 6.03 Å². The minimum absolute atomic E-state index is 0.124. The van der Waals surface area contributed by atoms with Gasteiger partial charge < -0.3 is 20.6 Å². The standard InChI is InChI=1S/C16H31N3O2/c1-12-7-13(2)9-19(8-12)10-14(3)18-15(20)17-11-16(21)5-4-6-16/h12-14,21H,4-11H2,1-3H3,(H2,17,18,20). The zero-order chi connectivity index (χ0) is 15.5. The summed E-state index contributed by atoms with van der Waals surface area (Å²) in [5.41, 5.74) is -0.654. The molecule has 0 radical (unpaired) electrons. The topological polar surface area (TPSA) is 64.6 Å². The van der Waals surface area contributed by atoms with E-state index in [0.717, 1.165) is 50.7 Å². The maximum absolute atomic E-state index is 11.9. The quantitative estimate of drug-likeness (QED) is 0.722. The molecule has 2 aliphatic rings. The largest absolute Gasteiger partial charge is 0.388 e. The van der Waals surface area contributed by atoms with E-state index >= 15 is 0 Å². The van der Waals surface area contributed by atoms with E-state index in [9.17, 15) is 9.90 Å². The Morgan fingerprint density at radius 1 is 1.33 bits per heavy atom. The SMILES string of the molecule is CC1CC(C)CN(CC(C)NC(=O)NCC2(O)CCC2)C1. The van der Waals surface area contributed by atoms with Gasteiger partial charge in [0.2, 0.25) is 0 Å². The van der Waals surface area contributed by atoms with Crippen molar-refractivity contribution in [1.82, 2.24) is 15.5 Å². The molecule has 1 saturated heterocycles. The molecule has 1 heterocycles. The smallest absolute Gasteiger partial charge is 0.315 e. The number of hydrogen-bond donors (Lipinski definition) is 3. The van der Waals surface area contributed by atoms with Crippen LogP contribution in [0.2, 0.25) is 0 Å². The second-order valence-electron chi connectivity index (χ2n) is 7.47. The molecule has 2 rings (SSSR count). The first-order valence-corrected chi connectivity index (χ1v) is 8.35. The lowest BCUT2D eigenvalue weighted by molar-refractivity contribution is -0.0290. The number of carbonyl (C=O) groups is 1. The van der Waals surface area contributed by atoms with Gasteiger partial charge in [-0.15, -0.1) is 0 Å². The molecule has 3 N–H and O–H groups in total. The third-order valence-corrected chi connectivity index (χ3v) is 4.72. The second-order valence-corrected chi connectivity index (χ2v) is 7.47. The average Bonchev–Trinajstić information content (AvgIpc) is 2.32. The number of rotatable bonds is 5. The number of hydrogen-bond acceptors (Lipinski definition) is 3. The third kappa shape index (κ3) is 5.15. The lowest BCUT2D eigenvalue weighted by Gasteiger charge is -2.37. The van der Waals surface area contributed by atoms with Crippen molar-refractivity contribution in [2.45, 2.75) is 58.1 Å². The number of nitrogens with zero attached hydrogens (tertiary/aromatic N) is 1. The van der Waals surface area contributed by atoms with Crippen LogP contribution in [0.4, 0.5) is 4.79 Å². The zero-order valence-electron chi connectivity index (χ0n) is 13.7. The fraction of sp³-hybridized carbons (Fsp3) is 0.938.